The van der Waals surface area contributed by atoms with Crippen molar-refractivity contribution in [2.75, 3.05) is 18.6 Å². The Morgan fingerprint density at radius 2 is 1.72 bits per heavy atom. The van der Waals surface area contributed by atoms with Crippen LogP contribution in [0.25, 0.3) is 0 Å². The zero-order valence-corrected chi connectivity index (χ0v) is 14.6. The lowest BCUT2D eigenvalue weighted by Crippen LogP contribution is -2.27. The van der Waals surface area contributed by atoms with Gasteiger partial charge in [-0.3, -0.25) is 9.59 Å². The first-order valence-corrected chi connectivity index (χ1v) is 8.22. The highest BCUT2D eigenvalue weighted by Gasteiger charge is 2.36. The highest BCUT2D eigenvalue weighted by molar-refractivity contribution is 5.99. The van der Waals surface area contributed by atoms with Crippen molar-refractivity contribution in [1.29, 1.82) is 0 Å². The Bertz CT molecular complexity index is 778. The summed E-state index contributed by atoms with van der Waals surface area (Å²) in [6.45, 7) is 4.13. The maximum atomic E-state index is 12.5. The number of hydrogen-bond donors (Lipinski definition) is 0. The zero-order valence-electron chi connectivity index (χ0n) is 14.6. The second kappa shape index (κ2) is 6.97. The second-order valence-corrected chi connectivity index (χ2v) is 6.25. The molecule has 3 rings (SSSR count). The van der Waals surface area contributed by atoms with E-state index in [4.69, 9.17) is 9.47 Å². The van der Waals surface area contributed by atoms with Gasteiger partial charge >= 0.3 is 5.97 Å². The molecule has 0 spiro atoms. The smallest absolute Gasteiger partial charge is 0.316 e. The Hall–Kier alpha value is -2.82. The van der Waals surface area contributed by atoms with E-state index in [1.165, 1.54) is 0 Å². The van der Waals surface area contributed by atoms with Crippen molar-refractivity contribution < 1.29 is 19.1 Å². The first kappa shape index (κ1) is 17.0. The maximum Gasteiger partial charge on any atom is 0.316 e. The third-order valence-electron chi connectivity index (χ3n) is 4.45. The number of esters is 1. The Kier molecular flexibility index (Phi) is 4.74. The van der Waals surface area contributed by atoms with Crippen molar-refractivity contribution in [3.63, 3.8) is 0 Å². The van der Waals surface area contributed by atoms with E-state index in [-0.39, 0.29) is 18.3 Å². The summed E-state index contributed by atoms with van der Waals surface area (Å²) in [5, 5.41) is 0. The number of rotatable bonds is 4. The van der Waals surface area contributed by atoms with Crippen molar-refractivity contribution in [3.05, 3.63) is 53.6 Å². The third kappa shape index (κ3) is 3.50. The van der Waals surface area contributed by atoms with E-state index < -0.39 is 5.92 Å². The summed E-state index contributed by atoms with van der Waals surface area (Å²) in [5.74, 6) is 0.410. The van der Waals surface area contributed by atoms with Gasteiger partial charge in [0, 0.05) is 18.7 Å². The minimum absolute atomic E-state index is 0.0753. The first-order chi connectivity index (χ1) is 12.0. The molecule has 1 aliphatic heterocycles. The number of nitrogens with zero attached hydrogens (tertiary/aromatic N) is 1. The number of anilines is 1. The topological polar surface area (TPSA) is 55.8 Å². The van der Waals surface area contributed by atoms with Gasteiger partial charge in [0.25, 0.3) is 0 Å². The van der Waals surface area contributed by atoms with Crippen LogP contribution in [0.2, 0.25) is 0 Å². The number of ether oxygens (including phenoxy) is 2. The lowest BCUT2D eigenvalue weighted by atomic mass is 10.1. The zero-order chi connectivity index (χ0) is 18.0. The molecule has 1 heterocycles. The Morgan fingerprint density at radius 1 is 1.08 bits per heavy atom. The molecule has 5 nitrogen and oxygen atoms in total. The lowest BCUT2D eigenvalue weighted by Gasteiger charge is -2.17. The van der Waals surface area contributed by atoms with Crippen LogP contribution in [0.3, 0.4) is 0 Å². The maximum absolute atomic E-state index is 12.5. The number of aryl methyl sites for hydroxylation is 2. The van der Waals surface area contributed by atoms with Crippen molar-refractivity contribution in [2.24, 2.45) is 5.92 Å². The van der Waals surface area contributed by atoms with Gasteiger partial charge in [-0.1, -0.05) is 18.2 Å². The van der Waals surface area contributed by atoms with E-state index in [1.54, 1.807) is 24.1 Å². The SMILES string of the molecule is COc1ccc(N2C[C@H](C(=O)Oc3c(C)cccc3C)CC2=O)cc1. The summed E-state index contributed by atoms with van der Waals surface area (Å²) < 4.78 is 10.7. The van der Waals surface area contributed by atoms with Crippen LogP contribution in [0.5, 0.6) is 11.5 Å². The molecule has 1 atom stereocenters. The van der Waals surface area contributed by atoms with Crippen molar-refractivity contribution in [2.45, 2.75) is 20.3 Å². The minimum Gasteiger partial charge on any atom is -0.497 e. The largest absolute Gasteiger partial charge is 0.497 e. The van der Waals surface area contributed by atoms with Crippen LogP contribution in [0.4, 0.5) is 5.69 Å². The summed E-state index contributed by atoms with van der Waals surface area (Å²) in [5.41, 5.74) is 2.57. The molecule has 0 aliphatic carbocycles. The summed E-state index contributed by atoms with van der Waals surface area (Å²) >= 11 is 0. The monoisotopic (exact) mass is 339 g/mol. The van der Waals surface area contributed by atoms with Crippen LogP contribution in [-0.2, 0) is 9.59 Å². The van der Waals surface area contributed by atoms with Crippen molar-refractivity contribution >= 4 is 17.6 Å². The van der Waals surface area contributed by atoms with Gasteiger partial charge in [0.1, 0.15) is 11.5 Å². The number of benzene rings is 2. The van der Waals surface area contributed by atoms with Gasteiger partial charge in [0.05, 0.1) is 13.0 Å². The highest BCUT2D eigenvalue weighted by Crippen LogP contribution is 2.29. The second-order valence-electron chi connectivity index (χ2n) is 6.25. The van der Waals surface area contributed by atoms with Crippen molar-refractivity contribution in [3.8, 4) is 11.5 Å². The van der Waals surface area contributed by atoms with E-state index >= 15 is 0 Å². The first-order valence-electron chi connectivity index (χ1n) is 8.22. The Labute approximate surface area is 147 Å². The van der Waals surface area contributed by atoms with Crippen LogP contribution in [0.15, 0.2) is 42.5 Å². The fraction of sp³-hybridized carbons (Fsp3) is 0.300. The van der Waals surface area contributed by atoms with Gasteiger partial charge < -0.3 is 14.4 Å². The van der Waals surface area contributed by atoms with E-state index in [2.05, 4.69) is 0 Å². The molecule has 1 fully saturated rings. The van der Waals surface area contributed by atoms with E-state index in [9.17, 15) is 9.59 Å². The molecule has 5 heteroatoms. The van der Waals surface area contributed by atoms with Gasteiger partial charge in [-0.15, -0.1) is 0 Å². The summed E-state index contributed by atoms with van der Waals surface area (Å²) in [4.78, 5) is 26.5. The number of carbonyl (C=O) groups is 2. The van der Waals surface area contributed by atoms with Gasteiger partial charge in [0.2, 0.25) is 5.91 Å². The molecule has 1 amide bonds. The van der Waals surface area contributed by atoms with E-state index in [0.29, 0.717) is 12.3 Å². The quantitative estimate of drug-likeness (QED) is 0.634. The number of hydrogen-bond acceptors (Lipinski definition) is 4. The standard InChI is InChI=1S/C20H21NO4/c1-13-5-4-6-14(2)19(13)25-20(23)15-11-18(22)21(12-15)16-7-9-17(24-3)10-8-16/h4-10,15H,11-12H2,1-3H3/t15-/m1/s1. The number of para-hydroxylation sites is 1. The molecule has 2 aromatic carbocycles. The van der Waals surface area contributed by atoms with Gasteiger partial charge in [-0.2, -0.15) is 0 Å². The predicted molar refractivity (Wildman–Crippen MR) is 95.0 cm³/mol. The summed E-state index contributed by atoms with van der Waals surface area (Å²) in [6, 6.07) is 13.0. The average Bonchev–Trinajstić information content (AvgIpc) is 3.00. The van der Waals surface area contributed by atoms with E-state index in [0.717, 1.165) is 22.6 Å². The van der Waals surface area contributed by atoms with Crippen LogP contribution < -0.4 is 14.4 Å². The molecule has 1 aliphatic rings. The van der Waals surface area contributed by atoms with E-state index in [1.807, 2.05) is 44.2 Å². The van der Waals surface area contributed by atoms with Crippen LogP contribution >= 0.6 is 0 Å². The minimum atomic E-state index is -0.464. The molecule has 130 valence electrons. The lowest BCUT2D eigenvalue weighted by molar-refractivity contribution is -0.139. The molecule has 0 aromatic heterocycles. The van der Waals surface area contributed by atoms with Crippen molar-refractivity contribution in [1.82, 2.24) is 0 Å². The number of carbonyl (C=O) groups excluding carboxylic acids is 2. The van der Waals surface area contributed by atoms with Crippen LogP contribution in [0, 0.1) is 19.8 Å². The number of methoxy groups -OCH3 is 1. The van der Waals surface area contributed by atoms with Gasteiger partial charge in [-0.25, -0.2) is 0 Å². The normalized spacial score (nSPS) is 16.8. The number of amides is 1. The molecule has 0 N–H and O–H groups in total. The molecule has 0 bridgehead atoms. The van der Waals surface area contributed by atoms with Crippen LogP contribution in [0.1, 0.15) is 17.5 Å². The van der Waals surface area contributed by atoms with Gasteiger partial charge in [-0.05, 0) is 49.2 Å². The molecule has 0 unspecified atom stereocenters. The fourth-order valence-corrected chi connectivity index (χ4v) is 3.02. The van der Waals surface area contributed by atoms with Gasteiger partial charge in [0.15, 0.2) is 0 Å². The fourth-order valence-electron chi connectivity index (χ4n) is 3.02. The average molecular weight is 339 g/mol. The summed E-state index contributed by atoms with van der Waals surface area (Å²) in [7, 11) is 1.59. The molecule has 0 radical (unpaired) electrons. The summed E-state index contributed by atoms with van der Waals surface area (Å²) in [6.07, 6.45) is 0.162. The molecule has 25 heavy (non-hydrogen) atoms. The molecular formula is C20H21NO4. The highest BCUT2D eigenvalue weighted by atomic mass is 16.5. The molecule has 1 saturated heterocycles. The third-order valence-corrected chi connectivity index (χ3v) is 4.45. The van der Waals surface area contributed by atoms with Crippen LogP contribution in [-0.4, -0.2) is 25.5 Å². The predicted octanol–water partition coefficient (Wildman–Crippen LogP) is 3.27. The molecular weight excluding hydrogens is 318 g/mol. The molecule has 0 saturated carbocycles. The Balaban J connectivity index is 1.72. The Morgan fingerprint density at radius 3 is 2.32 bits per heavy atom. The molecule has 2 aromatic rings.